The first-order valence-electron chi connectivity index (χ1n) is 8.61. The van der Waals surface area contributed by atoms with Crippen molar-refractivity contribution in [2.75, 3.05) is 13.1 Å². The van der Waals surface area contributed by atoms with Crippen LogP contribution in [0.25, 0.3) is 0 Å². The Bertz CT molecular complexity index is 618. The molecule has 0 bridgehead atoms. The van der Waals surface area contributed by atoms with Crippen molar-refractivity contribution in [3.05, 3.63) is 15.6 Å². The minimum absolute atomic E-state index is 0.0515. The summed E-state index contributed by atoms with van der Waals surface area (Å²) in [6.45, 7) is 10.6. The van der Waals surface area contributed by atoms with Crippen LogP contribution in [0.2, 0.25) is 0 Å². The number of carbonyl (C=O) groups is 2. The summed E-state index contributed by atoms with van der Waals surface area (Å²) in [6, 6.07) is 0.104. The Hall–Kier alpha value is -1.67. The number of carbonyl (C=O) groups excluding carboxylic acids is 1. The molecule has 0 unspecified atom stereocenters. The van der Waals surface area contributed by atoms with E-state index in [4.69, 9.17) is 5.11 Å². The summed E-state index contributed by atoms with van der Waals surface area (Å²) in [6.07, 6.45) is 1.56. The SMILES string of the molecule is CCN(CC(=O)O)C1CC(NC(=O)NC(C)(C)c2nc(C)c(C)s2)C1. The van der Waals surface area contributed by atoms with E-state index in [1.54, 1.807) is 11.3 Å². The molecule has 1 fully saturated rings. The molecule has 0 atom stereocenters. The molecule has 0 spiro atoms. The van der Waals surface area contributed by atoms with Gasteiger partial charge in [-0.15, -0.1) is 11.3 Å². The first kappa shape index (κ1) is 19.7. The number of aromatic nitrogens is 1. The lowest BCUT2D eigenvalue weighted by atomic mass is 9.85. The molecule has 1 heterocycles. The minimum Gasteiger partial charge on any atom is -0.480 e. The van der Waals surface area contributed by atoms with Crippen LogP contribution in [0.4, 0.5) is 4.79 Å². The molecule has 7 nitrogen and oxygen atoms in total. The van der Waals surface area contributed by atoms with Gasteiger partial charge in [-0.3, -0.25) is 9.69 Å². The Labute approximate surface area is 152 Å². The number of amides is 2. The van der Waals surface area contributed by atoms with Gasteiger partial charge in [-0.1, -0.05) is 6.92 Å². The first-order valence-corrected chi connectivity index (χ1v) is 9.43. The van der Waals surface area contributed by atoms with Crippen molar-refractivity contribution in [1.82, 2.24) is 20.5 Å². The van der Waals surface area contributed by atoms with E-state index in [1.165, 1.54) is 0 Å². The summed E-state index contributed by atoms with van der Waals surface area (Å²) < 4.78 is 0. The normalized spacial score (nSPS) is 20.2. The minimum atomic E-state index is -0.813. The lowest BCUT2D eigenvalue weighted by molar-refractivity contribution is -0.139. The highest BCUT2D eigenvalue weighted by atomic mass is 32.1. The van der Waals surface area contributed by atoms with Crippen LogP contribution in [0.3, 0.4) is 0 Å². The Morgan fingerprint density at radius 3 is 2.48 bits per heavy atom. The highest BCUT2D eigenvalue weighted by Gasteiger charge is 2.35. The zero-order chi connectivity index (χ0) is 18.8. The van der Waals surface area contributed by atoms with Crippen LogP contribution in [0.15, 0.2) is 0 Å². The van der Waals surface area contributed by atoms with Gasteiger partial charge in [0.1, 0.15) is 5.01 Å². The fourth-order valence-corrected chi connectivity index (χ4v) is 3.95. The van der Waals surface area contributed by atoms with Gasteiger partial charge in [0.2, 0.25) is 0 Å². The maximum absolute atomic E-state index is 12.3. The van der Waals surface area contributed by atoms with Gasteiger partial charge < -0.3 is 15.7 Å². The summed E-state index contributed by atoms with van der Waals surface area (Å²) in [4.78, 5) is 30.8. The molecule has 1 aliphatic rings. The number of aliphatic carboxylic acids is 1. The Kier molecular flexibility index (Phi) is 6.05. The van der Waals surface area contributed by atoms with Gasteiger partial charge in [-0.25, -0.2) is 9.78 Å². The lowest BCUT2D eigenvalue weighted by Gasteiger charge is -2.42. The third-order valence-electron chi connectivity index (χ3n) is 4.70. The zero-order valence-electron chi connectivity index (χ0n) is 15.5. The molecule has 3 N–H and O–H groups in total. The van der Waals surface area contributed by atoms with Crippen LogP contribution < -0.4 is 10.6 Å². The van der Waals surface area contributed by atoms with Crippen molar-refractivity contribution >= 4 is 23.3 Å². The van der Waals surface area contributed by atoms with Gasteiger partial charge >= 0.3 is 12.0 Å². The van der Waals surface area contributed by atoms with Crippen molar-refractivity contribution in [2.24, 2.45) is 0 Å². The van der Waals surface area contributed by atoms with Crippen molar-refractivity contribution in [3.8, 4) is 0 Å². The molecule has 1 aromatic heterocycles. The quantitative estimate of drug-likeness (QED) is 0.686. The first-order chi connectivity index (χ1) is 11.6. The average molecular weight is 369 g/mol. The number of aryl methyl sites for hydroxylation is 2. The standard InChI is InChI=1S/C17H28N4O3S/c1-6-21(9-14(22)23)13-7-12(8-13)19-16(24)20-17(4,5)15-18-10(2)11(3)25-15/h12-13H,6-9H2,1-5H3,(H,22,23)(H2,19,20,24). The second-order valence-corrected chi connectivity index (χ2v) is 8.37. The molecule has 1 aromatic rings. The summed E-state index contributed by atoms with van der Waals surface area (Å²) in [5.74, 6) is -0.813. The molecule has 2 amide bonds. The molecule has 140 valence electrons. The van der Waals surface area contributed by atoms with Gasteiger partial charge in [0.15, 0.2) is 0 Å². The van der Waals surface area contributed by atoms with Gasteiger partial charge in [0, 0.05) is 17.0 Å². The molecule has 2 rings (SSSR count). The van der Waals surface area contributed by atoms with Crippen LogP contribution in [0, 0.1) is 13.8 Å². The Balaban J connectivity index is 1.82. The Morgan fingerprint density at radius 2 is 2.00 bits per heavy atom. The number of hydrogen-bond acceptors (Lipinski definition) is 5. The number of nitrogens with zero attached hydrogens (tertiary/aromatic N) is 2. The van der Waals surface area contributed by atoms with E-state index in [9.17, 15) is 9.59 Å². The number of hydrogen-bond donors (Lipinski definition) is 3. The fourth-order valence-electron chi connectivity index (χ4n) is 2.98. The maximum Gasteiger partial charge on any atom is 0.317 e. The highest BCUT2D eigenvalue weighted by molar-refractivity contribution is 7.11. The molecule has 1 aliphatic carbocycles. The van der Waals surface area contributed by atoms with E-state index in [1.807, 2.05) is 39.5 Å². The third-order valence-corrected chi connectivity index (χ3v) is 6.10. The highest BCUT2D eigenvalue weighted by Crippen LogP contribution is 2.28. The number of nitrogens with one attached hydrogen (secondary N) is 2. The second kappa shape index (κ2) is 7.70. The van der Waals surface area contributed by atoms with Gasteiger partial charge in [-0.05, 0) is 47.1 Å². The summed E-state index contributed by atoms with van der Waals surface area (Å²) in [5.41, 5.74) is 0.463. The maximum atomic E-state index is 12.3. The topological polar surface area (TPSA) is 94.6 Å². The van der Waals surface area contributed by atoms with Crippen molar-refractivity contribution in [3.63, 3.8) is 0 Å². The predicted octanol–water partition coefficient (Wildman–Crippen LogP) is 2.23. The number of thiazole rings is 1. The number of carboxylic acids is 1. The molecular formula is C17H28N4O3S. The summed E-state index contributed by atoms with van der Waals surface area (Å²) in [5, 5.41) is 15.8. The van der Waals surface area contributed by atoms with Crippen LogP contribution in [0.5, 0.6) is 0 Å². The molecule has 0 saturated heterocycles. The van der Waals surface area contributed by atoms with Crippen molar-refractivity contribution in [1.29, 1.82) is 0 Å². The van der Waals surface area contributed by atoms with E-state index in [2.05, 4.69) is 15.6 Å². The summed E-state index contributed by atoms with van der Waals surface area (Å²) >= 11 is 1.60. The van der Waals surface area contributed by atoms with Gasteiger partial charge in [0.05, 0.1) is 17.8 Å². The van der Waals surface area contributed by atoms with E-state index < -0.39 is 11.5 Å². The molecule has 0 aliphatic heterocycles. The van der Waals surface area contributed by atoms with Gasteiger partial charge in [0.25, 0.3) is 0 Å². The van der Waals surface area contributed by atoms with Crippen LogP contribution >= 0.6 is 11.3 Å². The lowest BCUT2D eigenvalue weighted by Crippen LogP contribution is -2.57. The van der Waals surface area contributed by atoms with E-state index in [0.29, 0.717) is 6.54 Å². The monoisotopic (exact) mass is 368 g/mol. The smallest absolute Gasteiger partial charge is 0.317 e. The molecule has 8 heteroatoms. The van der Waals surface area contributed by atoms with E-state index in [-0.39, 0.29) is 24.7 Å². The Morgan fingerprint density at radius 1 is 1.36 bits per heavy atom. The van der Waals surface area contributed by atoms with E-state index in [0.717, 1.165) is 28.4 Å². The number of rotatable bonds is 7. The number of likely N-dealkylation sites (N-methyl/N-ethyl adjacent to an activating group) is 1. The molecular weight excluding hydrogens is 340 g/mol. The van der Waals surface area contributed by atoms with Gasteiger partial charge in [-0.2, -0.15) is 0 Å². The van der Waals surface area contributed by atoms with Crippen molar-refractivity contribution in [2.45, 2.75) is 65.1 Å². The largest absolute Gasteiger partial charge is 0.480 e. The average Bonchev–Trinajstić information content (AvgIpc) is 2.80. The van der Waals surface area contributed by atoms with E-state index >= 15 is 0 Å². The second-order valence-electron chi connectivity index (χ2n) is 7.16. The van der Waals surface area contributed by atoms with Crippen LogP contribution in [-0.2, 0) is 10.3 Å². The molecule has 25 heavy (non-hydrogen) atoms. The van der Waals surface area contributed by atoms with Crippen LogP contribution in [-0.4, -0.2) is 52.2 Å². The molecule has 0 radical (unpaired) electrons. The third kappa shape index (κ3) is 4.92. The molecule has 0 aromatic carbocycles. The fraction of sp³-hybridized carbons (Fsp3) is 0.706. The number of urea groups is 1. The number of carboxylic acid groups (broad SMARTS) is 1. The van der Waals surface area contributed by atoms with Crippen molar-refractivity contribution < 1.29 is 14.7 Å². The zero-order valence-corrected chi connectivity index (χ0v) is 16.4. The predicted molar refractivity (Wildman–Crippen MR) is 98.0 cm³/mol. The summed E-state index contributed by atoms with van der Waals surface area (Å²) in [7, 11) is 0. The van der Waals surface area contributed by atoms with Crippen LogP contribution in [0.1, 0.15) is 49.2 Å². The molecule has 1 saturated carbocycles.